The average Bonchev–Trinajstić information content (AvgIpc) is 3.43. The molecule has 0 radical (unpaired) electrons. The number of hydrogen-bond acceptors (Lipinski definition) is 6. The molecule has 8 heteroatoms. The summed E-state index contributed by atoms with van der Waals surface area (Å²) in [6, 6.07) is 6.31. The average molecular weight is 396 g/mol. The molecule has 0 aromatic carbocycles. The Morgan fingerprint density at radius 3 is 2.63 bits per heavy atom. The van der Waals surface area contributed by atoms with Gasteiger partial charge in [-0.2, -0.15) is 5.10 Å². The van der Waals surface area contributed by atoms with Crippen LogP contribution >= 0.6 is 0 Å². The van der Waals surface area contributed by atoms with E-state index >= 15 is 0 Å². The number of fused-ring (bicyclic) bond motifs is 2. The van der Waals surface area contributed by atoms with Crippen LogP contribution in [0, 0.1) is 0 Å². The summed E-state index contributed by atoms with van der Waals surface area (Å²) >= 11 is 0. The minimum atomic E-state index is 0.737. The third-order valence-electron chi connectivity index (χ3n) is 5.74. The van der Waals surface area contributed by atoms with Crippen molar-refractivity contribution in [1.82, 2.24) is 35.1 Å². The van der Waals surface area contributed by atoms with Crippen molar-refractivity contribution in [2.75, 3.05) is 18.0 Å². The Labute approximate surface area is 172 Å². The van der Waals surface area contributed by atoms with Crippen LogP contribution in [-0.4, -0.2) is 48.2 Å². The number of piperidine rings is 1. The summed E-state index contributed by atoms with van der Waals surface area (Å²) in [5, 5.41) is 9.64. The van der Waals surface area contributed by atoms with E-state index in [1.807, 2.05) is 6.20 Å². The molecule has 1 aliphatic rings. The highest BCUT2D eigenvalue weighted by molar-refractivity contribution is 5.98. The van der Waals surface area contributed by atoms with Crippen LogP contribution in [0.1, 0.15) is 19.3 Å². The predicted molar refractivity (Wildman–Crippen MR) is 116 cm³/mol. The van der Waals surface area contributed by atoms with Crippen LogP contribution in [0.15, 0.2) is 49.2 Å². The van der Waals surface area contributed by atoms with Crippen molar-refractivity contribution in [2.45, 2.75) is 19.3 Å². The fourth-order valence-corrected chi connectivity index (χ4v) is 4.25. The fraction of sp³-hybridized carbons (Fsp3) is 0.227. The van der Waals surface area contributed by atoms with E-state index in [0.717, 1.165) is 57.8 Å². The molecule has 8 nitrogen and oxygen atoms in total. The molecule has 6 heterocycles. The van der Waals surface area contributed by atoms with Gasteiger partial charge in [-0.3, -0.25) is 15.1 Å². The first kappa shape index (κ1) is 17.1. The highest BCUT2D eigenvalue weighted by atomic mass is 15.2. The largest absolute Gasteiger partial charge is 0.371 e. The quantitative estimate of drug-likeness (QED) is 0.479. The van der Waals surface area contributed by atoms with Crippen molar-refractivity contribution in [3.05, 3.63) is 49.2 Å². The summed E-state index contributed by atoms with van der Waals surface area (Å²) in [4.78, 5) is 23.5. The molecule has 5 aromatic heterocycles. The zero-order chi connectivity index (χ0) is 19.9. The molecule has 0 saturated carbocycles. The van der Waals surface area contributed by atoms with Crippen molar-refractivity contribution < 1.29 is 0 Å². The Morgan fingerprint density at radius 1 is 0.833 bits per heavy atom. The summed E-state index contributed by atoms with van der Waals surface area (Å²) in [5.41, 5.74) is 6.28. The minimum Gasteiger partial charge on any atom is -0.371 e. The van der Waals surface area contributed by atoms with E-state index in [1.54, 1.807) is 24.8 Å². The Balaban J connectivity index is 1.47. The smallest absolute Gasteiger partial charge is 0.155 e. The number of nitrogens with one attached hydrogen (secondary N) is 2. The van der Waals surface area contributed by atoms with Crippen molar-refractivity contribution >= 4 is 27.8 Å². The maximum Gasteiger partial charge on any atom is 0.155 e. The van der Waals surface area contributed by atoms with E-state index in [-0.39, 0.29) is 0 Å². The van der Waals surface area contributed by atoms with Crippen LogP contribution < -0.4 is 4.90 Å². The number of rotatable bonds is 3. The Morgan fingerprint density at radius 2 is 1.77 bits per heavy atom. The Bertz CT molecular complexity index is 1330. The Kier molecular flexibility index (Phi) is 3.93. The minimum absolute atomic E-state index is 0.737. The monoisotopic (exact) mass is 396 g/mol. The maximum atomic E-state index is 4.56. The molecule has 0 amide bonds. The van der Waals surface area contributed by atoms with Crippen LogP contribution in [0.5, 0.6) is 0 Å². The number of H-pyrrole nitrogens is 2. The zero-order valence-electron chi connectivity index (χ0n) is 16.3. The molecule has 0 unspecified atom stereocenters. The van der Waals surface area contributed by atoms with Crippen LogP contribution in [0.3, 0.4) is 0 Å². The van der Waals surface area contributed by atoms with E-state index < -0.39 is 0 Å². The van der Waals surface area contributed by atoms with Gasteiger partial charge in [0.15, 0.2) is 5.65 Å². The second-order valence-electron chi connectivity index (χ2n) is 7.61. The second kappa shape index (κ2) is 6.91. The molecule has 0 atom stereocenters. The zero-order valence-corrected chi connectivity index (χ0v) is 16.3. The number of nitrogens with zero attached hydrogens (tertiary/aromatic N) is 6. The van der Waals surface area contributed by atoms with E-state index in [9.17, 15) is 0 Å². The first-order valence-corrected chi connectivity index (χ1v) is 10.2. The lowest BCUT2D eigenvalue weighted by Gasteiger charge is -2.29. The van der Waals surface area contributed by atoms with Gasteiger partial charge in [-0.15, -0.1) is 0 Å². The van der Waals surface area contributed by atoms with Gasteiger partial charge in [-0.25, -0.2) is 9.97 Å². The first-order valence-electron chi connectivity index (χ1n) is 10.2. The Hall–Kier alpha value is -3.81. The van der Waals surface area contributed by atoms with Gasteiger partial charge in [0.05, 0.1) is 17.6 Å². The molecule has 1 aliphatic heterocycles. The van der Waals surface area contributed by atoms with Crippen LogP contribution in [0.2, 0.25) is 0 Å². The summed E-state index contributed by atoms with van der Waals surface area (Å²) in [5.74, 6) is 0. The molecule has 0 bridgehead atoms. The highest BCUT2D eigenvalue weighted by Gasteiger charge is 2.18. The lowest BCUT2D eigenvalue weighted by atomic mass is 10.1. The molecule has 6 rings (SSSR count). The van der Waals surface area contributed by atoms with E-state index in [0.29, 0.717) is 0 Å². The number of aromatic amines is 2. The molecule has 1 saturated heterocycles. The summed E-state index contributed by atoms with van der Waals surface area (Å²) in [6.07, 6.45) is 12.5. The van der Waals surface area contributed by atoms with Gasteiger partial charge in [0.25, 0.3) is 0 Å². The summed E-state index contributed by atoms with van der Waals surface area (Å²) < 4.78 is 0. The van der Waals surface area contributed by atoms with Gasteiger partial charge >= 0.3 is 0 Å². The number of pyridine rings is 2. The molecule has 30 heavy (non-hydrogen) atoms. The van der Waals surface area contributed by atoms with E-state index in [1.165, 1.54) is 24.9 Å². The van der Waals surface area contributed by atoms with Crippen molar-refractivity contribution in [1.29, 1.82) is 0 Å². The van der Waals surface area contributed by atoms with E-state index in [4.69, 9.17) is 0 Å². The number of aromatic nitrogens is 7. The number of hydrogen-bond donors (Lipinski definition) is 2. The molecule has 1 fully saturated rings. The molecule has 5 aromatic rings. The lowest BCUT2D eigenvalue weighted by Crippen LogP contribution is -2.29. The molecule has 0 spiro atoms. The third kappa shape index (κ3) is 2.80. The van der Waals surface area contributed by atoms with Crippen molar-refractivity contribution in [2.24, 2.45) is 0 Å². The molecule has 148 valence electrons. The molecule has 0 aliphatic carbocycles. The summed E-state index contributed by atoms with van der Waals surface area (Å²) in [6.45, 7) is 2.19. The molecular weight excluding hydrogens is 376 g/mol. The van der Waals surface area contributed by atoms with Gasteiger partial charge in [-0.1, -0.05) is 0 Å². The highest BCUT2D eigenvalue weighted by Crippen LogP contribution is 2.34. The normalized spacial score (nSPS) is 14.6. The standard InChI is InChI=1S/C22H20N8/c1-2-8-30(9-3-1)19-4-5-25-21-15(19)11-17(27-21)20-16-10-14(12-26-22(16)29-28-20)18-13-23-6-7-24-18/h4-7,10-13H,1-3,8-9H2,(H,25,27)(H,26,28,29). The SMILES string of the molecule is c1cnc(-c2cnc3[nH]nc(-c4cc5c(N6CCCCC6)ccnc5[nH]4)c3c2)cn1. The van der Waals surface area contributed by atoms with Gasteiger partial charge in [0, 0.05) is 59.9 Å². The van der Waals surface area contributed by atoms with Crippen molar-refractivity contribution in [3.63, 3.8) is 0 Å². The lowest BCUT2D eigenvalue weighted by molar-refractivity contribution is 0.579. The third-order valence-corrected chi connectivity index (χ3v) is 5.74. The van der Waals surface area contributed by atoms with Gasteiger partial charge in [-0.05, 0) is 37.5 Å². The van der Waals surface area contributed by atoms with E-state index in [2.05, 4.69) is 58.2 Å². The van der Waals surface area contributed by atoms with Gasteiger partial charge < -0.3 is 9.88 Å². The summed E-state index contributed by atoms with van der Waals surface area (Å²) in [7, 11) is 0. The van der Waals surface area contributed by atoms with Gasteiger partial charge in [0.2, 0.25) is 0 Å². The van der Waals surface area contributed by atoms with Crippen molar-refractivity contribution in [3.8, 4) is 22.6 Å². The number of anilines is 1. The topological polar surface area (TPSA) is 99.3 Å². The second-order valence-corrected chi connectivity index (χ2v) is 7.61. The fourth-order valence-electron chi connectivity index (χ4n) is 4.25. The van der Waals surface area contributed by atoms with Crippen LogP contribution in [0.25, 0.3) is 44.7 Å². The van der Waals surface area contributed by atoms with Gasteiger partial charge in [0.1, 0.15) is 11.3 Å². The molecule has 2 N–H and O–H groups in total. The maximum absolute atomic E-state index is 4.56. The molecular formula is C22H20N8. The van der Waals surface area contributed by atoms with Crippen LogP contribution in [-0.2, 0) is 0 Å². The predicted octanol–water partition coefficient (Wildman–Crippen LogP) is 3.95. The first-order chi connectivity index (χ1) is 14.9. The van der Waals surface area contributed by atoms with Crippen LogP contribution in [0.4, 0.5) is 5.69 Å².